The number of carbonyl (C=O) groups excluding carboxylic acids is 2. The van der Waals surface area contributed by atoms with Crippen molar-refractivity contribution in [1.29, 1.82) is 0 Å². The van der Waals surface area contributed by atoms with Crippen molar-refractivity contribution < 1.29 is 23.1 Å². The van der Waals surface area contributed by atoms with E-state index in [1.807, 2.05) is 0 Å². The Kier molecular flexibility index (Phi) is 5.03. The molecule has 130 valence electrons. The van der Waals surface area contributed by atoms with Crippen molar-refractivity contribution in [2.75, 3.05) is 19.6 Å². The first kappa shape index (κ1) is 18.1. The molecule has 1 saturated heterocycles. The topological polar surface area (TPSA) is 49.9 Å². The Hall–Kier alpha value is -2.28. The summed E-state index contributed by atoms with van der Waals surface area (Å²) in [6.07, 6.45) is 0.177. The monoisotopic (exact) mass is 338 g/mol. The van der Waals surface area contributed by atoms with E-state index in [1.54, 1.807) is 18.2 Å². The van der Waals surface area contributed by atoms with Crippen LogP contribution in [0.4, 0.5) is 13.6 Å². The summed E-state index contributed by atoms with van der Waals surface area (Å²) in [6, 6.07) is 7.76. The van der Waals surface area contributed by atoms with Gasteiger partial charge in [0.15, 0.2) is 11.6 Å². The van der Waals surface area contributed by atoms with Gasteiger partial charge < -0.3 is 4.74 Å². The number of halogens is 2. The first-order chi connectivity index (χ1) is 11.2. The summed E-state index contributed by atoms with van der Waals surface area (Å²) in [6.45, 7) is 5.55. The molecule has 0 aliphatic carbocycles. The second-order valence-electron chi connectivity index (χ2n) is 6.10. The van der Waals surface area contributed by atoms with E-state index in [1.165, 1.54) is 23.1 Å². The second-order valence-corrected chi connectivity index (χ2v) is 6.10. The summed E-state index contributed by atoms with van der Waals surface area (Å²) in [5.74, 6) is -5.63. The largest absolute Gasteiger partial charge is 0.422 e. The Labute approximate surface area is 139 Å². The van der Waals surface area contributed by atoms with Gasteiger partial charge in [0.2, 0.25) is 0 Å². The molecule has 1 fully saturated rings. The zero-order valence-corrected chi connectivity index (χ0v) is 13.7. The summed E-state index contributed by atoms with van der Waals surface area (Å²) < 4.78 is 34.5. The van der Waals surface area contributed by atoms with Crippen LogP contribution in [0.25, 0.3) is 0 Å². The van der Waals surface area contributed by atoms with Gasteiger partial charge in [-0.2, -0.15) is 0 Å². The van der Waals surface area contributed by atoms with Crippen LogP contribution in [0.1, 0.15) is 24.2 Å². The Morgan fingerprint density at radius 1 is 1.21 bits per heavy atom. The average molecular weight is 338 g/mol. The van der Waals surface area contributed by atoms with E-state index in [2.05, 4.69) is 11.3 Å². The molecule has 2 atom stereocenters. The molecule has 1 aromatic carbocycles. The van der Waals surface area contributed by atoms with E-state index in [0.717, 1.165) is 13.8 Å². The lowest BCUT2D eigenvalue weighted by atomic mass is 10.1. The van der Waals surface area contributed by atoms with E-state index < -0.39 is 23.6 Å². The first-order valence-electron chi connectivity index (χ1n) is 7.50. The maximum atomic E-state index is 14.9. The molecular formula is C17H20F2N2O3. The number of esters is 1. The summed E-state index contributed by atoms with van der Waals surface area (Å²) in [5.41, 5.74) is 0.122. The van der Waals surface area contributed by atoms with Gasteiger partial charge in [-0.05, 0) is 26.0 Å². The molecule has 0 spiro atoms. The lowest BCUT2D eigenvalue weighted by Crippen LogP contribution is -2.69. The molecule has 0 aromatic heterocycles. The van der Waals surface area contributed by atoms with Crippen LogP contribution in [-0.2, 0) is 4.74 Å². The normalized spacial score (nSPS) is 27.6. The standard InChI is InChI=1S/C17H20F2N2O3/c1-4-10-20-11-16(2,18)21(17(3,19)12-20)15(23)24-14(22)13-8-6-5-7-9-13/h4-9H,1,10-12H2,2-3H3/t16-,17+. The van der Waals surface area contributed by atoms with Crippen LogP contribution in [0.5, 0.6) is 0 Å². The number of ether oxygens (including phenoxy) is 1. The van der Waals surface area contributed by atoms with Crippen molar-refractivity contribution in [1.82, 2.24) is 9.80 Å². The molecule has 0 unspecified atom stereocenters. The number of benzene rings is 1. The smallest absolute Gasteiger partial charge is 0.372 e. The Morgan fingerprint density at radius 3 is 2.25 bits per heavy atom. The predicted octanol–water partition coefficient (Wildman–Crippen LogP) is 3.14. The lowest BCUT2D eigenvalue weighted by Gasteiger charge is -2.49. The zero-order valence-electron chi connectivity index (χ0n) is 13.7. The molecule has 1 amide bonds. The molecule has 0 radical (unpaired) electrons. The molecule has 7 heteroatoms. The number of carbonyl (C=O) groups is 2. The number of hydrogen-bond donors (Lipinski definition) is 0. The maximum Gasteiger partial charge on any atom is 0.422 e. The number of alkyl halides is 2. The fourth-order valence-electron chi connectivity index (χ4n) is 2.95. The van der Waals surface area contributed by atoms with Crippen LogP contribution in [0, 0.1) is 0 Å². The zero-order chi connectivity index (χ0) is 18.0. The van der Waals surface area contributed by atoms with Crippen molar-refractivity contribution in [3.8, 4) is 0 Å². The van der Waals surface area contributed by atoms with Crippen molar-refractivity contribution in [2.45, 2.75) is 25.4 Å². The van der Waals surface area contributed by atoms with Crippen LogP contribution in [0.3, 0.4) is 0 Å². The fraction of sp³-hybridized carbons (Fsp3) is 0.412. The van der Waals surface area contributed by atoms with E-state index in [-0.39, 0.29) is 25.2 Å². The maximum absolute atomic E-state index is 14.9. The number of rotatable bonds is 3. The van der Waals surface area contributed by atoms with E-state index >= 15 is 0 Å². The molecule has 1 aliphatic heterocycles. The van der Waals surface area contributed by atoms with Crippen molar-refractivity contribution >= 4 is 12.1 Å². The van der Waals surface area contributed by atoms with Crippen molar-refractivity contribution in [3.63, 3.8) is 0 Å². The fourth-order valence-corrected chi connectivity index (χ4v) is 2.95. The Balaban J connectivity index is 2.18. The minimum atomic E-state index is -2.33. The van der Waals surface area contributed by atoms with E-state index in [9.17, 15) is 18.4 Å². The van der Waals surface area contributed by atoms with Gasteiger partial charge >= 0.3 is 12.1 Å². The lowest BCUT2D eigenvalue weighted by molar-refractivity contribution is -0.174. The van der Waals surface area contributed by atoms with Crippen LogP contribution in [0.2, 0.25) is 0 Å². The average Bonchev–Trinajstić information content (AvgIpc) is 2.45. The third kappa shape index (κ3) is 3.79. The molecule has 2 rings (SSSR count). The second kappa shape index (κ2) is 6.68. The van der Waals surface area contributed by atoms with Gasteiger partial charge in [-0.15, -0.1) is 6.58 Å². The molecule has 5 nitrogen and oxygen atoms in total. The number of piperazine rings is 1. The summed E-state index contributed by atoms with van der Waals surface area (Å²) in [7, 11) is 0. The summed E-state index contributed by atoms with van der Waals surface area (Å²) in [5, 5.41) is 0. The summed E-state index contributed by atoms with van der Waals surface area (Å²) in [4.78, 5) is 26.0. The molecule has 0 saturated carbocycles. The summed E-state index contributed by atoms with van der Waals surface area (Å²) >= 11 is 0. The van der Waals surface area contributed by atoms with Gasteiger partial charge in [0.25, 0.3) is 0 Å². The molecule has 1 aliphatic rings. The molecule has 0 bridgehead atoms. The van der Waals surface area contributed by atoms with Crippen molar-refractivity contribution in [3.05, 3.63) is 48.6 Å². The van der Waals surface area contributed by atoms with Gasteiger partial charge in [-0.25, -0.2) is 23.3 Å². The molecular weight excluding hydrogens is 318 g/mol. The van der Waals surface area contributed by atoms with Gasteiger partial charge in [0.05, 0.1) is 18.7 Å². The van der Waals surface area contributed by atoms with Crippen LogP contribution < -0.4 is 0 Å². The number of hydrogen-bond acceptors (Lipinski definition) is 4. The number of amides is 1. The molecule has 24 heavy (non-hydrogen) atoms. The quantitative estimate of drug-likeness (QED) is 0.368. The first-order valence-corrected chi connectivity index (χ1v) is 7.50. The Morgan fingerprint density at radius 2 is 1.75 bits per heavy atom. The predicted molar refractivity (Wildman–Crippen MR) is 84.8 cm³/mol. The van der Waals surface area contributed by atoms with E-state index in [4.69, 9.17) is 0 Å². The minimum Gasteiger partial charge on any atom is -0.372 e. The van der Waals surface area contributed by atoms with Gasteiger partial charge in [-0.3, -0.25) is 4.90 Å². The highest BCUT2D eigenvalue weighted by Gasteiger charge is 2.54. The van der Waals surface area contributed by atoms with Gasteiger partial charge in [-0.1, -0.05) is 24.3 Å². The third-order valence-electron chi connectivity index (χ3n) is 3.72. The van der Waals surface area contributed by atoms with Gasteiger partial charge in [0, 0.05) is 6.54 Å². The van der Waals surface area contributed by atoms with Crippen LogP contribution >= 0.6 is 0 Å². The van der Waals surface area contributed by atoms with Crippen LogP contribution in [0.15, 0.2) is 43.0 Å². The van der Waals surface area contributed by atoms with Crippen LogP contribution in [-0.4, -0.2) is 53.1 Å². The SMILES string of the molecule is C=CCN1C[C@](C)(F)N(C(=O)OC(=O)c2ccccc2)[C@](C)(F)C1. The highest BCUT2D eigenvalue weighted by atomic mass is 19.2. The molecule has 0 N–H and O–H groups in total. The highest BCUT2D eigenvalue weighted by molar-refractivity contribution is 5.96. The molecule has 1 aromatic rings. The molecule has 1 heterocycles. The minimum absolute atomic E-state index is 0.122. The van der Waals surface area contributed by atoms with Crippen molar-refractivity contribution in [2.24, 2.45) is 0 Å². The number of nitrogens with zero attached hydrogens (tertiary/aromatic N) is 2. The van der Waals surface area contributed by atoms with E-state index in [0.29, 0.717) is 4.90 Å². The Bertz CT molecular complexity index is 614. The highest BCUT2D eigenvalue weighted by Crippen LogP contribution is 2.35. The third-order valence-corrected chi connectivity index (χ3v) is 3.72. The van der Waals surface area contributed by atoms with Gasteiger partial charge in [0.1, 0.15) is 0 Å².